The number of pyridine rings is 1. The Morgan fingerprint density at radius 2 is 1.73 bits per heavy atom. The number of aromatic nitrogens is 3. The molecule has 7 nitrogen and oxygen atoms in total. The van der Waals surface area contributed by atoms with Gasteiger partial charge in [-0.15, -0.1) is 0 Å². The van der Waals surface area contributed by atoms with Crippen molar-refractivity contribution in [2.45, 2.75) is 19.8 Å². The molecule has 2 aromatic heterocycles. The number of hydrogen-bond acceptors (Lipinski definition) is 5. The van der Waals surface area contributed by atoms with Crippen LogP contribution in [-0.2, 0) is 11.2 Å². The summed E-state index contributed by atoms with van der Waals surface area (Å²) in [6, 6.07) is 20.1. The van der Waals surface area contributed by atoms with Gasteiger partial charge in [-0.2, -0.15) is 0 Å². The molecule has 0 atom stereocenters. The van der Waals surface area contributed by atoms with Crippen molar-refractivity contribution in [1.82, 2.24) is 15.0 Å². The molecule has 0 unspecified atom stereocenters. The van der Waals surface area contributed by atoms with Crippen molar-refractivity contribution >= 4 is 23.2 Å². The molecule has 0 fully saturated rings. The average molecular weight is 438 g/mol. The van der Waals surface area contributed by atoms with E-state index in [2.05, 4.69) is 25.6 Å². The predicted molar refractivity (Wildman–Crippen MR) is 128 cm³/mol. The van der Waals surface area contributed by atoms with Crippen molar-refractivity contribution in [3.05, 3.63) is 102 Å². The SMILES string of the molecule is CCC(=O)Nc1cccc(C(=O)Nc2ccc(Cc3nccc(-c4cccnc4)n3)cc2)c1. The summed E-state index contributed by atoms with van der Waals surface area (Å²) in [7, 11) is 0. The van der Waals surface area contributed by atoms with E-state index in [1.807, 2.05) is 42.5 Å². The fourth-order valence-corrected chi connectivity index (χ4v) is 3.24. The van der Waals surface area contributed by atoms with E-state index >= 15 is 0 Å². The molecule has 2 amide bonds. The minimum absolute atomic E-state index is 0.0990. The zero-order valence-corrected chi connectivity index (χ0v) is 18.2. The molecule has 0 saturated carbocycles. The lowest BCUT2D eigenvalue weighted by Gasteiger charge is -2.09. The normalized spacial score (nSPS) is 10.5. The number of benzene rings is 2. The molecule has 4 rings (SSSR count). The first kappa shape index (κ1) is 21.8. The number of hydrogen-bond donors (Lipinski definition) is 2. The van der Waals surface area contributed by atoms with E-state index < -0.39 is 0 Å². The van der Waals surface area contributed by atoms with Crippen LogP contribution in [0, 0.1) is 0 Å². The van der Waals surface area contributed by atoms with E-state index in [9.17, 15) is 9.59 Å². The number of anilines is 2. The molecular weight excluding hydrogens is 414 g/mol. The zero-order valence-electron chi connectivity index (χ0n) is 18.2. The van der Waals surface area contributed by atoms with Crippen LogP contribution < -0.4 is 10.6 Å². The standard InChI is InChI=1S/C26H23N5O2/c1-2-25(32)29-22-7-3-5-19(16-22)26(33)30-21-10-8-18(9-11-21)15-24-28-14-12-23(31-24)20-6-4-13-27-17-20/h3-14,16-17H,2,15H2,1H3,(H,29,32)(H,30,33). The van der Waals surface area contributed by atoms with E-state index in [1.165, 1.54) is 0 Å². The molecule has 0 spiro atoms. The quantitative estimate of drug-likeness (QED) is 0.436. The molecule has 0 saturated heterocycles. The van der Waals surface area contributed by atoms with Gasteiger partial charge >= 0.3 is 0 Å². The zero-order chi connectivity index (χ0) is 23.0. The Morgan fingerprint density at radius 3 is 2.48 bits per heavy atom. The van der Waals surface area contributed by atoms with Gasteiger partial charge in [-0.05, 0) is 54.1 Å². The number of nitrogens with zero attached hydrogens (tertiary/aromatic N) is 3. The molecule has 164 valence electrons. The maximum Gasteiger partial charge on any atom is 0.255 e. The summed E-state index contributed by atoms with van der Waals surface area (Å²) in [6.45, 7) is 1.78. The van der Waals surface area contributed by atoms with E-state index in [1.54, 1.807) is 49.8 Å². The fraction of sp³-hybridized carbons (Fsp3) is 0.115. The summed E-state index contributed by atoms with van der Waals surface area (Å²) in [5.74, 6) is 0.361. The van der Waals surface area contributed by atoms with Gasteiger partial charge in [-0.25, -0.2) is 9.97 Å². The molecule has 0 aliphatic heterocycles. The molecule has 0 radical (unpaired) electrons. The van der Waals surface area contributed by atoms with Crippen molar-refractivity contribution in [3.63, 3.8) is 0 Å². The van der Waals surface area contributed by atoms with Gasteiger partial charge in [0.05, 0.1) is 5.69 Å². The fourth-order valence-electron chi connectivity index (χ4n) is 3.24. The van der Waals surface area contributed by atoms with Crippen molar-refractivity contribution in [2.24, 2.45) is 0 Å². The summed E-state index contributed by atoms with van der Waals surface area (Å²) in [4.78, 5) is 37.3. The monoisotopic (exact) mass is 437 g/mol. The highest BCUT2D eigenvalue weighted by Crippen LogP contribution is 2.18. The summed E-state index contributed by atoms with van der Waals surface area (Å²) in [5, 5.41) is 5.65. The van der Waals surface area contributed by atoms with Crippen molar-refractivity contribution in [3.8, 4) is 11.3 Å². The summed E-state index contributed by atoms with van der Waals surface area (Å²) < 4.78 is 0. The summed E-state index contributed by atoms with van der Waals surface area (Å²) in [6.07, 6.45) is 6.20. The van der Waals surface area contributed by atoms with Crippen LogP contribution in [0.1, 0.15) is 35.1 Å². The molecule has 4 aromatic rings. The highest BCUT2D eigenvalue weighted by molar-refractivity contribution is 6.05. The lowest BCUT2D eigenvalue weighted by molar-refractivity contribution is -0.115. The van der Waals surface area contributed by atoms with E-state index in [4.69, 9.17) is 0 Å². The lowest BCUT2D eigenvalue weighted by Crippen LogP contribution is -2.14. The van der Waals surface area contributed by atoms with E-state index in [0.29, 0.717) is 35.6 Å². The van der Waals surface area contributed by atoms with Crippen molar-refractivity contribution in [2.75, 3.05) is 10.6 Å². The Morgan fingerprint density at radius 1 is 0.879 bits per heavy atom. The second-order valence-corrected chi connectivity index (χ2v) is 7.41. The highest BCUT2D eigenvalue weighted by atomic mass is 16.2. The van der Waals surface area contributed by atoms with Crippen molar-refractivity contribution < 1.29 is 9.59 Å². The van der Waals surface area contributed by atoms with Gasteiger partial charge in [-0.3, -0.25) is 14.6 Å². The maximum absolute atomic E-state index is 12.6. The van der Waals surface area contributed by atoms with E-state index in [-0.39, 0.29) is 11.8 Å². The third-order valence-corrected chi connectivity index (χ3v) is 4.97. The van der Waals surface area contributed by atoms with Gasteiger partial charge in [-0.1, -0.05) is 25.1 Å². The Kier molecular flexibility index (Phi) is 6.80. The van der Waals surface area contributed by atoms with Gasteiger partial charge < -0.3 is 10.6 Å². The van der Waals surface area contributed by atoms with Crippen molar-refractivity contribution in [1.29, 1.82) is 0 Å². The van der Waals surface area contributed by atoms with Crippen LogP contribution in [0.15, 0.2) is 85.3 Å². The predicted octanol–water partition coefficient (Wildman–Crippen LogP) is 4.73. The molecule has 2 heterocycles. The number of amides is 2. The van der Waals surface area contributed by atoms with Gasteiger partial charge in [0, 0.05) is 53.9 Å². The molecule has 0 bridgehead atoms. The van der Waals surface area contributed by atoms with Crippen LogP contribution >= 0.6 is 0 Å². The van der Waals surface area contributed by atoms with Gasteiger partial charge in [0.15, 0.2) is 0 Å². The topological polar surface area (TPSA) is 96.9 Å². The second kappa shape index (κ2) is 10.3. The number of rotatable bonds is 7. The molecule has 0 aliphatic rings. The first-order valence-electron chi connectivity index (χ1n) is 10.6. The minimum atomic E-state index is -0.247. The smallest absolute Gasteiger partial charge is 0.255 e. The van der Waals surface area contributed by atoms with Crippen LogP contribution in [0.25, 0.3) is 11.3 Å². The molecule has 0 aliphatic carbocycles. The largest absolute Gasteiger partial charge is 0.326 e. The summed E-state index contributed by atoms with van der Waals surface area (Å²) >= 11 is 0. The third kappa shape index (κ3) is 5.86. The Hall–Kier alpha value is -4.39. The Bertz CT molecular complexity index is 1260. The molecule has 2 N–H and O–H groups in total. The first-order chi connectivity index (χ1) is 16.1. The van der Waals surface area contributed by atoms with Gasteiger partial charge in [0.25, 0.3) is 5.91 Å². The first-order valence-corrected chi connectivity index (χ1v) is 10.6. The minimum Gasteiger partial charge on any atom is -0.326 e. The van der Waals surface area contributed by atoms with Gasteiger partial charge in [0.1, 0.15) is 5.82 Å². The van der Waals surface area contributed by atoms with Crippen LogP contribution in [0.3, 0.4) is 0 Å². The van der Waals surface area contributed by atoms with Crippen LogP contribution in [0.4, 0.5) is 11.4 Å². The highest BCUT2D eigenvalue weighted by Gasteiger charge is 2.09. The van der Waals surface area contributed by atoms with Crippen LogP contribution in [0.2, 0.25) is 0 Å². The van der Waals surface area contributed by atoms with Gasteiger partial charge in [0.2, 0.25) is 5.91 Å². The third-order valence-electron chi connectivity index (χ3n) is 4.97. The average Bonchev–Trinajstić information content (AvgIpc) is 2.86. The van der Waals surface area contributed by atoms with Crippen LogP contribution in [0.5, 0.6) is 0 Å². The molecule has 33 heavy (non-hydrogen) atoms. The molecule has 7 heteroatoms. The van der Waals surface area contributed by atoms with E-state index in [0.717, 1.165) is 16.8 Å². The molecular formula is C26H23N5O2. The summed E-state index contributed by atoms with van der Waals surface area (Å²) in [5.41, 5.74) is 4.54. The van der Waals surface area contributed by atoms with Crippen LogP contribution in [-0.4, -0.2) is 26.8 Å². The number of carbonyl (C=O) groups excluding carboxylic acids is 2. The number of nitrogens with one attached hydrogen (secondary N) is 2. The lowest BCUT2D eigenvalue weighted by atomic mass is 10.1. The second-order valence-electron chi connectivity index (χ2n) is 7.41. The maximum atomic E-state index is 12.6. The molecule has 2 aromatic carbocycles. The Labute approximate surface area is 192 Å². The Balaban J connectivity index is 1.40. The number of carbonyl (C=O) groups is 2.